The van der Waals surface area contributed by atoms with Gasteiger partial charge in [-0.05, 0) is 18.6 Å². The van der Waals surface area contributed by atoms with Crippen LogP contribution in [0.4, 0.5) is 5.69 Å². The van der Waals surface area contributed by atoms with Crippen LogP contribution in [0.25, 0.3) is 0 Å². The predicted octanol–water partition coefficient (Wildman–Crippen LogP) is 2.21. The molecule has 0 saturated carbocycles. The third-order valence-corrected chi connectivity index (χ3v) is 5.16. The van der Waals surface area contributed by atoms with Gasteiger partial charge in [-0.3, -0.25) is 4.31 Å². The molecular weight excluding hydrogens is 286 g/mol. The number of imidazole rings is 1. The maximum Gasteiger partial charge on any atom is 0.284 e. The van der Waals surface area contributed by atoms with Crippen LogP contribution < -0.4 is 4.31 Å². The molecule has 102 valence electrons. The Hall–Kier alpha value is -1.53. The van der Waals surface area contributed by atoms with Gasteiger partial charge in [0.05, 0.1) is 12.0 Å². The van der Waals surface area contributed by atoms with Crippen LogP contribution in [0.15, 0.2) is 35.6 Å². The molecule has 7 heteroatoms. The molecule has 0 saturated heterocycles. The molecule has 5 nitrogen and oxygen atoms in total. The third-order valence-electron chi connectivity index (χ3n) is 2.89. The Kier molecular flexibility index (Phi) is 3.56. The molecule has 0 atom stereocenters. The molecule has 1 aromatic heterocycles. The standard InChI is InChI=1S/C12H14ClN3O2S/c1-9-6-4-5-7-10(9)16(3)19(17,18)12-11(13)15(2)8-14-12/h4-8H,1-3H3. The lowest BCUT2D eigenvalue weighted by Gasteiger charge is -2.20. The zero-order valence-electron chi connectivity index (χ0n) is 10.8. The highest BCUT2D eigenvalue weighted by Crippen LogP contribution is 2.27. The van der Waals surface area contributed by atoms with E-state index < -0.39 is 10.0 Å². The van der Waals surface area contributed by atoms with E-state index in [2.05, 4.69) is 4.98 Å². The molecule has 0 fully saturated rings. The summed E-state index contributed by atoms with van der Waals surface area (Å²) in [5.41, 5.74) is 1.46. The van der Waals surface area contributed by atoms with Crippen molar-refractivity contribution in [3.8, 4) is 0 Å². The summed E-state index contributed by atoms with van der Waals surface area (Å²) in [5.74, 6) is 0. The highest BCUT2D eigenvalue weighted by Gasteiger charge is 2.28. The van der Waals surface area contributed by atoms with Gasteiger partial charge in [-0.2, -0.15) is 8.42 Å². The highest BCUT2D eigenvalue weighted by atomic mass is 35.5. The maximum atomic E-state index is 12.5. The van der Waals surface area contributed by atoms with Crippen LogP contribution >= 0.6 is 11.6 Å². The summed E-state index contributed by atoms with van der Waals surface area (Å²) in [4.78, 5) is 3.86. The van der Waals surface area contributed by atoms with E-state index >= 15 is 0 Å². The monoisotopic (exact) mass is 299 g/mol. The molecule has 0 aliphatic carbocycles. The lowest BCUT2D eigenvalue weighted by atomic mass is 10.2. The number of sulfonamides is 1. The summed E-state index contributed by atoms with van der Waals surface area (Å²) in [7, 11) is -0.625. The predicted molar refractivity (Wildman–Crippen MR) is 75.0 cm³/mol. The minimum Gasteiger partial charge on any atom is -0.324 e. The van der Waals surface area contributed by atoms with E-state index in [0.717, 1.165) is 5.56 Å². The van der Waals surface area contributed by atoms with E-state index in [1.54, 1.807) is 19.2 Å². The third kappa shape index (κ3) is 2.33. The van der Waals surface area contributed by atoms with Crippen molar-refractivity contribution in [3.63, 3.8) is 0 Å². The quantitative estimate of drug-likeness (QED) is 0.873. The molecule has 2 rings (SSSR count). The van der Waals surface area contributed by atoms with Gasteiger partial charge in [0.25, 0.3) is 10.0 Å². The van der Waals surface area contributed by atoms with Crippen molar-refractivity contribution in [2.24, 2.45) is 7.05 Å². The average molecular weight is 300 g/mol. The maximum absolute atomic E-state index is 12.5. The molecule has 0 amide bonds. The Morgan fingerprint density at radius 1 is 1.32 bits per heavy atom. The fourth-order valence-electron chi connectivity index (χ4n) is 1.74. The lowest BCUT2D eigenvalue weighted by molar-refractivity contribution is 0.591. The summed E-state index contributed by atoms with van der Waals surface area (Å²) >= 11 is 5.96. The number of para-hydroxylation sites is 1. The number of rotatable bonds is 3. The molecular formula is C12H14ClN3O2S. The molecule has 0 N–H and O–H groups in total. The summed E-state index contributed by atoms with van der Waals surface area (Å²) < 4.78 is 27.6. The number of hydrogen-bond donors (Lipinski definition) is 0. The van der Waals surface area contributed by atoms with Gasteiger partial charge < -0.3 is 4.57 Å². The van der Waals surface area contributed by atoms with E-state index in [1.807, 2.05) is 19.1 Å². The van der Waals surface area contributed by atoms with Crippen LogP contribution in [0, 0.1) is 6.92 Å². The van der Waals surface area contributed by atoms with Gasteiger partial charge in [-0.15, -0.1) is 0 Å². The SMILES string of the molecule is Cc1ccccc1N(C)S(=O)(=O)c1ncn(C)c1Cl. The second-order valence-electron chi connectivity index (χ2n) is 4.21. The van der Waals surface area contributed by atoms with Gasteiger partial charge in [0.15, 0.2) is 0 Å². The summed E-state index contributed by atoms with van der Waals surface area (Å²) in [5, 5.41) is -0.0390. The second kappa shape index (κ2) is 4.86. The van der Waals surface area contributed by atoms with Crippen LogP contribution in [0.2, 0.25) is 5.15 Å². The van der Waals surface area contributed by atoms with Crippen LogP contribution in [0.5, 0.6) is 0 Å². The van der Waals surface area contributed by atoms with Gasteiger partial charge in [0.2, 0.25) is 5.03 Å². The van der Waals surface area contributed by atoms with Gasteiger partial charge in [0.1, 0.15) is 5.15 Å². The molecule has 0 spiro atoms. The molecule has 19 heavy (non-hydrogen) atoms. The first-order valence-electron chi connectivity index (χ1n) is 5.57. The first kappa shape index (κ1) is 13.9. The molecule has 1 heterocycles. The first-order chi connectivity index (χ1) is 8.85. The van der Waals surface area contributed by atoms with Gasteiger partial charge >= 0.3 is 0 Å². The van der Waals surface area contributed by atoms with Crippen molar-refractivity contribution in [2.75, 3.05) is 11.4 Å². The van der Waals surface area contributed by atoms with Crippen molar-refractivity contribution in [2.45, 2.75) is 11.9 Å². The summed E-state index contributed by atoms with van der Waals surface area (Å²) in [6.45, 7) is 1.85. The van der Waals surface area contributed by atoms with E-state index in [4.69, 9.17) is 11.6 Å². The van der Waals surface area contributed by atoms with Crippen molar-refractivity contribution < 1.29 is 8.42 Å². The minimum absolute atomic E-state index is 0.0976. The Morgan fingerprint density at radius 2 is 1.95 bits per heavy atom. The van der Waals surface area contributed by atoms with Gasteiger partial charge in [-0.1, -0.05) is 29.8 Å². The Balaban J connectivity index is 2.52. The first-order valence-corrected chi connectivity index (χ1v) is 7.39. The fraction of sp³-hybridized carbons (Fsp3) is 0.250. The Bertz CT molecular complexity index is 710. The fourth-order valence-corrected chi connectivity index (χ4v) is 3.39. The number of aromatic nitrogens is 2. The average Bonchev–Trinajstić information content (AvgIpc) is 2.70. The largest absolute Gasteiger partial charge is 0.324 e. The van der Waals surface area contributed by atoms with E-state index in [-0.39, 0.29) is 10.2 Å². The number of nitrogens with zero attached hydrogens (tertiary/aromatic N) is 3. The number of benzene rings is 1. The molecule has 0 bridgehead atoms. The van der Waals surface area contributed by atoms with Crippen LogP contribution in [0.1, 0.15) is 5.56 Å². The van der Waals surface area contributed by atoms with E-state index in [9.17, 15) is 8.42 Å². The topological polar surface area (TPSA) is 55.2 Å². The van der Waals surface area contributed by atoms with Crippen LogP contribution in [0.3, 0.4) is 0 Å². The summed E-state index contributed by atoms with van der Waals surface area (Å²) in [6.07, 6.45) is 1.38. The zero-order chi connectivity index (χ0) is 14.2. The van der Waals surface area contributed by atoms with Gasteiger partial charge in [-0.25, -0.2) is 4.98 Å². The Labute approximate surface area is 117 Å². The molecule has 1 aromatic carbocycles. The van der Waals surface area contributed by atoms with E-state index in [1.165, 1.54) is 22.2 Å². The zero-order valence-corrected chi connectivity index (χ0v) is 12.4. The number of halogens is 1. The highest BCUT2D eigenvalue weighted by molar-refractivity contribution is 7.92. The van der Waals surface area contributed by atoms with Crippen LogP contribution in [-0.4, -0.2) is 25.0 Å². The van der Waals surface area contributed by atoms with Crippen LogP contribution in [-0.2, 0) is 17.1 Å². The Morgan fingerprint density at radius 3 is 2.47 bits per heavy atom. The molecule has 0 aliphatic heterocycles. The second-order valence-corrected chi connectivity index (χ2v) is 6.45. The van der Waals surface area contributed by atoms with Crippen molar-refractivity contribution in [1.82, 2.24) is 9.55 Å². The minimum atomic E-state index is -3.75. The van der Waals surface area contributed by atoms with E-state index in [0.29, 0.717) is 5.69 Å². The normalized spacial score (nSPS) is 11.6. The molecule has 0 unspecified atom stereocenters. The smallest absolute Gasteiger partial charge is 0.284 e. The van der Waals surface area contributed by atoms with Crippen molar-refractivity contribution in [1.29, 1.82) is 0 Å². The van der Waals surface area contributed by atoms with Crippen molar-refractivity contribution in [3.05, 3.63) is 41.3 Å². The number of hydrogen-bond acceptors (Lipinski definition) is 3. The summed E-state index contributed by atoms with van der Waals surface area (Å²) in [6, 6.07) is 7.23. The number of aryl methyl sites for hydroxylation is 2. The number of anilines is 1. The van der Waals surface area contributed by atoms with Crippen molar-refractivity contribution >= 4 is 27.3 Å². The van der Waals surface area contributed by atoms with Gasteiger partial charge in [0, 0.05) is 14.1 Å². The molecule has 0 radical (unpaired) electrons. The molecule has 2 aromatic rings. The lowest BCUT2D eigenvalue weighted by Crippen LogP contribution is -2.27. The molecule has 0 aliphatic rings.